The Morgan fingerprint density at radius 3 is 2.88 bits per heavy atom. The number of ether oxygens (including phenoxy) is 1. The summed E-state index contributed by atoms with van der Waals surface area (Å²) in [5, 5.41) is 14.5. The van der Waals surface area contributed by atoms with Crippen LogP contribution < -0.4 is 5.32 Å². The van der Waals surface area contributed by atoms with Crippen LogP contribution in [0.25, 0.3) is 0 Å². The Kier molecular flexibility index (Phi) is 4.26. The third-order valence-electron chi connectivity index (χ3n) is 1.58. The first kappa shape index (κ1) is 12.9. The van der Waals surface area contributed by atoms with Gasteiger partial charge >= 0.3 is 6.09 Å². The molecule has 1 amide bonds. The van der Waals surface area contributed by atoms with Crippen LogP contribution in [-0.2, 0) is 4.74 Å². The molecule has 16 heavy (non-hydrogen) atoms. The van der Waals surface area contributed by atoms with Gasteiger partial charge in [-0.1, -0.05) is 0 Å². The number of amides is 1. The van der Waals surface area contributed by atoms with Crippen molar-refractivity contribution in [2.75, 3.05) is 6.54 Å². The zero-order valence-electron chi connectivity index (χ0n) is 9.56. The highest BCUT2D eigenvalue weighted by molar-refractivity contribution is 7.09. The molecule has 90 valence electrons. The summed E-state index contributed by atoms with van der Waals surface area (Å²) in [5.74, 6) is 0. The van der Waals surface area contributed by atoms with Gasteiger partial charge in [-0.2, -0.15) is 0 Å². The molecule has 1 unspecified atom stereocenters. The molecule has 0 saturated carbocycles. The maximum absolute atomic E-state index is 11.3. The van der Waals surface area contributed by atoms with Crippen LogP contribution in [-0.4, -0.2) is 28.3 Å². The van der Waals surface area contributed by atoms with E-state index in [0.29, 0.717) is 5.01 Å². The molecule has 1 aromatic rings. The highest BCUT2D eigenvalue weighted by atomic mass is 32.1. The Hall–Kier alpha value is -1.14. The molecule has 0 saturated heterocycles. The molecule has 0 aliphatic heterocycles. The monoisotopic (exact) mass is 244 g/mol. The molecular formula is C10H16N2O3S. The van der Waals surface area contributed by atoms with Crippen LogP contribution in [0.3, 0.4) is 0 Å². The molecule has 0 bridgehead atoms. The van der Waals surface area contributed by atoms with Gasteiger partial charge in [-0.25, -0.2) is 9.78 Å². The molecular weight excluding hydrogens is 228 g/mol. The normalized spacial score (nSPS) is 13.2. The minimum atomic E-state index is -0.785. The van der Waals surface area contributed by atoms with Gasteiger partial charge in [0.05, 0.1) is 6.54 Å². The largest absolute Gasteiger partial charge is 0.444 e. The fraction of sp³-hybridized carbons (Fsp3) is 0.600. The molecule has 1 atom stereocenters. The van der Waals surface area contributed by atoms with E-state index in [-0.39, 0.29) is 6.54 Å². The molecule has 0 spiro atoms. The van der Waals surface area contributed by atoms with Crippen LogP contribution in [0.2, 0.25) is 0 Å². The number of aromatic nitrogens is 1. The number of alkyl carbamates (subject to hydrolysis) is 1. The van der Waals surface area contributed by atoms with E-state index in [4.69, 9.17) is 4.74 Å². The topological polar surface area (TPSA) is 71.5 Å². The van der Waals surface area contributed by atoms with Crippen molar-refractivity contribution in [2.45, 2.75) is 32.5 Å². The summed E-state index contributed by atoms with van der Waals surface area (Å²) >= 11 is 1.34. The van der Waals surface area contributed by atoms with Gasteiger partial charge in [0, 0.05) is 11.6 Å². The van der Waals surface area contributed by atoms with E-state index in [1.54, 1.807) is 32.3 Å². The first-order valence-corrected chi connectivity index (χ1v) is 5.81. The van der Waals surface area contributed by atoms with E-state index in [1.165, 1.54) is 11.3 Å². The van der Waals surface area contributed by atoms with E-state index in [1.807, 2.05) is 0 Å². The van der Waals surface area contributed by atoms with Crippen molar-refractivity contribution in [1.29, 1.82) is 0 Å². The smallest absolute Gasteiger partial charge is 0.407 e. The molecule has 0 aliphatic rings. The van der Waals surface area contributed by atoms with Crippen molar-refractivity contribution < 1.29 is 14.6 Å². The number of thiazole rings is 1. The third kappa shape index (κ3) is 4.59. The molecule has 1 rings (SSSR count). The first-order chi connectivity index (χ1) is 7.38. The van der Waals surface area contributed by atoms with Crippen LogP contribution in [0.4, 0.5) is 4.79 Å². The Bertz CT molecular complexity index is 332. The van der Waals surface area contributed by atoms with Crippen molar-refractivity contribution in [2.24, 2.45) is 0 Å². The summed E-state index contributed by atoms with van der Waals surface area (Å²) < 4.78 is 5.03. The van der Waals surface area contributed by atoms with Crippen molar-refractivity contribution in [3.63, 3.8) is 0 Å². The Labute approximate surface area is 98.5 Å². The van der Waals surface area contributed by atoms with Crippen molar-refractivity contribution >= 4 is 17.4 Å². The minimum Gasteiger partial charge on any atom is -0.444 e. The van der Waals surface area contributed by atoms with Crippen LogP contribution in [0.1, 0.15) is 31.9 Å². The Morgan fingerprint density at radius 2 is 2.38 bits per heavy atom. The zero-order chi connectivity index (χ0) is 12.2. The van der Waals surface area contributed by atoms with Gasteiger partial charge in [0.2, 0.25) is 0 Å². The average molecular weight is 244 g/mol. The van der Waals surface area contributed by atoms with Crippen LogP contribution in [0, 0.1) is 0 Å². The predicted octanol–water partition coefficient (Wildman–Crippen LogP) is 1.70. The molecule has 2 N–H and O–H groups in total. The lowest BCUT2D eigenvalue weighted by Crippen LogP contribution is -2.34. The van der Waals surface area contributed by atoms with Gasteiger partial charge in [-0.15, -0.1) is 11.3 Å². The fourth-order valence-electron chi connectivity index (χ4n) is 0.981. The van der Waals surface area contributed by atoms with Crippen LogP contribution in [0.5, 0.6) is 0 Å². The number of hydrogen-bond donors (Lipinski definition) is 2. The van der Waals surface area contributed by atoms with Gasteiger partial charge in [0.25, 0.3) is 0 Å². The van der Waals surface area contributed by atoms with E-state index in [0.717, 1.165) is 0 Å². The number of rotatable bonds is 3. The second-order valence-corrected chi connectivity index (χ2v) is 5.20. The molecule has 1 heterocycles. The first-order valence-electron chi connectivity index (χ1n) is 4.93. The van der Waals surface area contributed by atoms with E-state index >= 15 is 0 Å². The number of hydrogen-bond acceptors (Lipinski definition) is 5. The van der Waals surface area contributed by atoms with E-state index < -0.39 is 17.8 Å². The third-order valence-corrected chi connectivity index (χ3v) is 2.45. The molecule has 0 aliphatic carbocycles. The molecule has 0 radical (unpaired) electrons. The molecule has 6 heteroatoms. The predicted molar refractivity (Wildman–Crippen MR) is 61.3 cm³/mol. The lowest BCUT2D eigenvalue weighted by Gasteiger charge is -2.20. The molecule has 0 fully saturated rings. The number of carbonyl (C=O) groups is 1. The summed E-state index contributed by atoms with van der Waals surface area (Å²) in [6, 6.07) is 0. The second-order valence-electron chi connectivity index (χ2n) is 4.27. The van der Waals surface area contributed by atoms with Crippen LogP contribution >= 0.6 is 11.3 Å². The Balaban J connectivity index is 2.32. The van der Waals surface area contributed by atoms with E-state index in [9.17, 15) is 9.90 Å². The maximum Gasteiger partial charge on any atom is 0.407 e. The number of aliphatic hydroxyl groups excluding tert-OH is 1. The van der Waals surface area contributed by atoms with Crippen molar-refractivity contribution in [1.82, 2.24) is 10.3 Å². The molecule has 1 aromatic heterocycles. The van der Waals surface area contributed by atoms with Gasteiger partial charge < -0.3 is 15.2 Å². The van der Waals surface area contributed by atoms with E-state index in [2.05, 4.69) is 10.3 Å². The number of aliphatic hydroxyl groups is 1. The summed E-state index contributed by atoms with van der Waals surface area (Å²) in [6.45, 7) is 5.44. The summed E-state index contributed by atoms with van der Waals surface area (Å²) in [6.07, 6.45) is 0.284. The summed E-state index contributed by atoms with van der Waals surface area (Å²) in [5.41, 5.74) is -0.532. The zero-order valence-corrected chi connectivity index (χ0v) is 10.4. The van der Waals surface area contributed by atoms with Gasteiger partial charge in [0.1, 0.15) is 16.7 Å². The lowest BCUT2D eigenvalue weighted by atomic mass is 10.2. The SMILES string of the molecule is CC(C)(C)OC(=O)NCC(O)c1nccs1. The molecule has 0 aromatic carbocycles. The quantitative estimate of drug-likeness (QED) is 0.849. The second kappa shape index (κ2) is 5.27. The molecule has 5 nitrogen and oxygen atoms in total. The van der Waals surface area contributed by atoms with Gasteiger partial charge in [-0.05, 0) is 20.8 Å². The highest BCUT2D eigenvalue weighted by Gasteiger charge is 2.17. The highest BCUT2D eigenvalue weighted by Crippen LogP contribution is 2.14. The van der Waals surface area contributed by atoms with Crippen molar-refractivity contribution in [3.8, 4) is 0 Å². The fourth-order valence-corrected chi connectivity index (χ4v) is 1.60. The Morgan fingerprint density at radius 1 is 1.69 bits per heavy atom. The number of carbonyl (C=O) groups excluding carboxylic acids is 1. The van der Waals surface area contributed by atoms with Crippen LogP contribution in [0.15, 0.2) is 11.6 Å². The number of nitrogens with zero attached hydrogens (tertiary/aromatic N) is 1. The summed E-state index contributed by atoms with van der Waals surface area (Å²) in [7, 11) is 0. The lowest BCUT2D eigenvalue weighted by molar-refractivity contribution is 0.0491. The van der Waals surface area contributed by atoms with Gasteiger partial charge in [-0.3, -0.25) is 0 Å². The minimum absolute atomic E-state index is 0.0996. The number of nitrogens with one attached hydrogen (secondary N) is 1. The maximum atomic E-state index is 11.3. The van der Waals surface area contributed by atoms with Gasteiger partial charge in [0.15, 0.2) is 0 Å². The van der Waals surface area contributed by atoms with Crippen molar-refractivity contribution in [3.05, 3.63) is 16.6 Å². The summed E-state index contributed by atoms with van der Waals surface area (Å²) in [4.78, 5) is 15.2. The average Bonchev–Trinajstić information content (AvgIpc) is 2.64. The standard InChI is InChI=1S/C10H16N2O3S/c1-10(2,3)15-9(14)12-6-7(13)8-11-4-5-16-8/h4-5,7,13H,6H2,1-3H3,(H,12,14).